The molecular formula is C15H13ClN2. The highest BCUT2D eigenvalue weighted by Gasteiger charge is 1.92. The first kappa shape index (κ1) is 12.5. The summed E-state index contributed by atoms with van der Waals surface area (Å²) in [6.07, 6.45) is 3.36. The van der Waals surface area contributed by atoms with Crippen LogP contribution in [0, 0.1) is 6.92 Å². The lowest BCUT2D eigenvalue weighted by molar-refractivity contribution is 1.26. The minimum Gasteiger partial charge on any atom is -0.159 e. The molecule has 0 aliphatic rings. The second-order valence-corrected chi connectivity index (χ2v) is 4.33. The van der Waals surface area contributed by atoms with Crippen molar-refractivity contribution in [2.24, 2.45) is 10.2 Å². The second-order valence-electron chi connectivity index (χ2n) is 3.92. The number of benzene rings is 2. The quantitative estimate of drug-likeness (QED) is 0.583. The molecule has 0 aromatic heterocycles. The molecule has 0 heterocycles. The minimum atomic E-state index is 0.673. The summed E-state index contributed by atoms with van der Waals surface area (Å²) in [5.41, 5.74) is 3.11. The Bertz CT molecular complexity index is 571. The number of aryl methyl sites for hydroxylation is 1. The van der Waals surface area contributed by atoms with E-state index in [-0.39, 0.29) is 0 Å². The molecule has 0 amide bonds. The molecule has 0 radical (unpaired) electrons. The van der Waals surface area contributed by atoms with Gasteiger partial charge in [-0.05, 0) is 18.6 Å². The molecule has 0 saturated carbocycles. The number of hydrogen-bond donors (Lipinski definition) is 0. The predicted octanol–water partition coefficient (Wildman–Crippen LogP) is 4.10. The molecule has 2 aromatic carbocycles. The average molecular weight is 257 g/mol. The van der Waals surface area contributed by atoms with E-state index in [1.165, 1.54) is 5.56 Å². The molecule has 0 fully saturated rings. The topological polar surface area (TPSA) is 24.7 Å². The summed E-state index contributed by atoms with van der Waals surface area (Å²) in [6, 6.07) is 15.6. The van der Waals surface area contributed by atoms with Crippen LogP contribution < -0.4 is 0 Å². The van der Waals surface area contributed by atoms with Crippen LogP contribution in [0.1, 0.15) is 16.7 Å². The number of rotatable bonds is 3. The van der Waals surface area contributed by atoms with Crippen LogP contribution in [0.4, 0.5) is 0 Å². The number of nitrogens with zero attached hydrogens (tertiary/aromatic N) is 2. The van der Waals surface area contributed by atoms with Crippen LogP contribution in [-0.4, -0.2) is 12.4 Å². The zero-order chi connectivity index (χ0) is 12.8. The van der Waals surface area contributed by atoms with E-state index >= 15 is 0 Å². The highest BCUT2D eigenvalue weighted by atomic mass is 35.5. The lowest BCUT2D eigenvalue weighted by Crippen LogP contribution is -1.82. The Hall–Kier alpha value is -1.93. The molecule has 0 saturated heterocycles. The molecule has 0 aliphatic heterocycles. The van der Waals surface area contributed by atoms with E-state index in [2.05, 4.69) is 17.1 Å². The van der Waals surface area contributed by atoms with Crippen LogP contribution in [0.25, 0.3) is 0 Å². The lowest BCUT2D eigenvalue weighted by atomic mass is 10.2. The molecule has 2 aromatic rings. The van der Waals surface area contributed by atoms with Crippen molar-refractivity contribution < 1.29 is 0 Å². The molecule has 18 heavy (non-hydrogen) atoms. The molecule has 0 bridgehead atoms. The van der Waals surface area contributed by atoms with Crippen molar-refractivity contribution in [2.75, 3.05) is 0 Å². The summed E-state index contributed by atoms with van der Waals surface area (Å²) in [7, 11) is 0. The lowest BCUT2D eigenvalue weighted by Gasteiger charge is -1.94. The van der Waals surface area contributed by atoms with E-state index in [0.717, 1.165) is 11.1 Å². The van der Waals surface area contributed by atoms with Crippen molar-refractivity contribution in [2.45, 2.75) is 6.92 Å². The first-order chi connectivity index (χ1) is 8.75. The molecule has 90 valence electrons. The molecule has 0 aliphatic carbocycles. The fourth-order valence-electron chi connectivity index (χ4n) is 1.43. The summed E-state index contributed by atoms with van der Waals surface area (Å²) >= 11 is 5.99. The van der Waals surface area contributed by atoms with E-state index in [4.69, 9.17) is 11.6 Å². The normalized spacial score (nSPS) is 11.4. The fraction of sp³-hybridized carbons (Fsp3) is 0.0667. The molecule has 0 unspecified atom stereocenters. The average Bonchev–Trinajstić information content (AvgIpc) is 2.39. The van der Waals surface area contributed by atoms with Gasteiger partial charge in [0.15, 0.2) is 0 Å². The van der Waals surface area contributed by atoms with E-state index in [1.54, 1.807) is 12.4 Å². The Kier molecular flexibility index (Phi) is 4.26. The van der Waals surface area contributed by atoms with Gasteiger partial charge < -0.3 is 0 Å². The van der Waals surface area contributed by atoms with Crippen molar-refractivity contribution in [3.63, 3.8) is 0 Å². The van der Waals surface area contributed by atoms with Crippen LogP contribution in [0.2, 0.25) is 5.02 Å². The van der Waals surface area contributed by atoms with Gasteiger partial charge in [0.1, 0.15) is 0 Å². The minimum absolute atomic E-state index is 0.673. The van der Waals surface area contributed by atoms with Gasteiger partial charge in [0.2, 0.25) is 0 Å². The summed E-state index contributed by atoms with van der Waals surface area (Å²) < 4.78 is 0. The Labute approximate surface area is 112 Å². The Balaban J connectivity index is 2.03. The number of hydrogen-bond acceptors (Lipinski definition) is 2. The monoisotopic (exact) mass is 256 g/mol. The third-order valence-corrected chi connectivity index (χ3v) is 2.80. The van der Waals surface area contributed by atoms with Gasteiger partial charge in [0.25, 0.3) is 0 Å². The van der Waals surface area contributed by atoms with Gasteiger partial charge >= 0.3 is 0 Å². The Morgan fingerprint density at radius 3 is 2.28 bits per heavy atom. The van der Waals surface area contributed by atoms with Gasteiger partial charge in [0, 0.05) is 10.6 Å². The summed E-state index contributed by atoms with van der Waals surface area (Å²) in [5.74, 6) is 0. The maximum atomic E-state index is 5.99. The van der Waals surface area contributed by atoms with Crippen molar-refractivity contribution >= 4 is 24.0 Å². The van der Waals surface area contributed by atoms with Crippen LogP contribution in [-0.2, 0) is 0 Å². The fourth-order valence-corrected chi connectivity index (χ4v) is 1.61. The largest absolute Gasteiger partial charge is 0.159 e. The molecular weight excluding hydrogens is 244 g/mol. The standard InChI is InChI=1S/C15H13ClN2/c1-12-6-8-13(9-7-12)10-17-18-11-14-4-2-3-5-15(14)16/h2-11H,1H3/b17-10+,18-11+. The van der Waals surface area contributed by atoms with E-state index < -0.39 is 0 Å². The first-order valence-electron chi connectivity index (χ1n) is 5.63. The molecule has 3 heteroatoms. The third-order valence-electron chi connectivity index (χ3n) is 2.45. The SMILES string of the molecule is Cc1ccc(/C=N/N=C/c2ccccc2Cl)cc1. The van der Waals surface area contributed by atoms with Gasteiger partial charge in [-0.2, -0.15) is 10.2 Å². The highest BCUT2D eigenvalue weighted by Crippen LogP contribution is 2.12. The van der Waals surface area contributed by atoms with E-state index in [1.807, 2.05) is 48.5 Å². The van der Waals surface area contributed by atoms with Crippen molar-refractivity contribution in [3.05, 3.63) is 70.2 Å². The van der Waals surface area contributed by atoms with Crippen molar-refractivity contribution in [1.82, 2.24) is 0 Å². The summed E-state index contributed by atoms with van der Waals surface area (Å²) in [6.45, 7) is 2.05. The van der Waals surface area contributed by atoms with Gasteiger partial charge in [-0.3, -0.25) is 0 Å². The molecule has 0 N–H and O–H groups in total. The van der Waals surface area contributed by atoms with Gasteiger partial charge in [-0.15, -0.1) is 0 Å². The summed E-state index contributed by atoms with van der Waals surface area (Å²) in [4.78, 5) is 0. The zero-order valence-electron chi connectivity index (χ0n) is 10.0. The van der Waals surface area contributed by atoms with Gasteiger partial charge in [-0.1, -0.05) is 59.6 Å². The predicted molar refractivity (Wildman–Crippen MR) is 77.8 cm³/mol. The smallest absolute Gasteiger partial charge is 0.0583 e. The van der Waals surface area contributed by atoms with Crippen LogP contribution in [0.15, 0.2) is 58.7 Å². The molecule has 2 rings (SSSR count). The van der Waals surface area contributed by atoms with Crippen LogP contribution in [0.3, 0.4) is 0 Å². The number of halogens is 1. The molecule has 0 atom stereocenters. The van der Waals surface area contributed by atoms with E-state index in [9.17, 15) is 0 Å². The zero-order valence-corrected chi connectivity index (χ0v) is 10.8. The first-order valence-corrected chi connectivity index (χ1v) is 6.01. The van der Waals surface area contributed by atoms with Crippen LogP contribution >= 0.6 is 11.6 Å². The maximum absolute atomic E-state index is 5.99. The Morgan fingerprint density at radius 2 is 1.56 bits per heavy atom. The third kappa shape index (κ3) is 3.54. The summed E-state index contributed by atoms with van der Waals surface area (Å²) in [5, 5.41) is 8.65. The highest BCUT2D eigenvalue weighted by molar-refractivity contribution is 6.33. The van der Waals surface area contributed by atoms with Crippen molar-refractivity contribution in [3.8, 4) is 0 Å². The maximum Gasteiger partial charge on any atom is 0.0583 e. The Morgan fingerprint density at radius 1 is 0.889 bits per heavy atom. The van der Waals surface area contributed by atoms with Crippen LogP contribution in [0.5, 0.6) is 0 Å². The van der Waals surface area contributed by atoms with Gasteiger partial charge in [0.05, 0.1) is 12.4 Å². The second kappa shape index (κ2) is 6.12. The van der Waals surface area contributed by atoms with Gasteiger partial charge in [-0.25, -0.2) is 0 Å². The van der Waals surface area contributed by atoms with Crippen molar-refractivity contribution in [1.29, 1.82) is 0 Å². The van der Waals surface area contributed by atoms with E-state index in [0.29, 0.717) is 5.02 Å². The molecule has 0 spiro atoms. The molecule has 2 nitrogen and oxygen atoms in total.